The van der Waals surface area contributed by atoms with Crippen molar-refractivity contribution in [1.29, 1.82) is 0 Å². The van der Waals surface area contributed by atoms with Crippen LogP contribution in [-0.4, -0.2) is 62.4 Å². The van der Waals surface area contributed by atoms with Crippen LogP contribution in [0.4, 0.5) is 0 Å². The fourth-order valence-corrected chi connectivity index (χ4v) is 3.50. The lowest BCUT2D eigenvalue weighted by Gasteiger charge is -2.27. The summed E-state index contributed by atoms with van der Waals surface area (Å²) >= 11 is 0. The van der Waals surface area contributed by atoms with Gasteiger partial charge in [-0.15, -0.1) is 0 Å². The largest absolute Gasteiger partial charge is 0.339 e. The van der Waals surface area contributed by atoms with Crippen molar-refractivity contribution in [2.45, 2.75) is 46.1 Å². The van der Waals surface area contributed by atoms with Gasteiger partial charge in [-0.2, -0.15) is 4.98 Å². The monoisotopic (exact) mass is 385 g/mol. The molecule has 0 aromatic carbocycles. The molecule has 1 saturated heterocycles. The summed E-state index contributed by atoms with van der Waals surface area (Å²) in [5.74, 6) is 1.67. The second kappa shape index (κ2) is 8.95. The molecule has 0 N–H and O–H groups in total. The maximum absolute atomic E-state index is 12.6. The predicted octanol–water partition coefficient (Wildman–Crippen LogP) is 1.97. The summed E-state index contributed by atoms with van der Waals surface area (Å²) in [6.07, 6.45) is 5.28. The molecule has 8 nitrogen and oxygen atoms in total. The maximum atomic E-state index is 12.6. The number of nitrogens with zero attached hydrogens (tertiary/aromatic N) is 5. The minimum Gasteiger partial charge on any atom is -0.339 e. The minimum atomic E-state index is -0.0232. The molecule has 2 aromatic rings. The zero-order valence-electron chi connectivity index (χ0n) is 16.7. The lowest BCUT2D eigenvalue weighted by molar-refractivity contribution is -0.130. The Morgan fingerprint density at radius 1 is 1.32 bits per heavy atom. The highest BCUT2D eigenvalue weighted by atomic mass is 16.5. The molecule has 0 bridgehead atoms. The molecule has 1 atom stereocenters. The summed E-state index contributed by atoms with van der Waals surface area (Å²) < 4.78 is 5.27. The van der Waals surface area contributed by atoms with Crippen molar-refractivity contribution in [1.82, 2.24) is 24.9 Å². The minimum absolute atomic E-state index is 0.00493. The van der Waals surface area contributed by atoms with Crippen LogP contribution in [0, 0.1) is 5.92 Å². The lowest BCUT2D eigenvalue weighted by Crippen LogP contribution is -2.42. The molecule has 1 aliphatic rings. The SMILES string of the molecule is CC(=O)N(CCc1noc(CC(C)C)n1)C1CCN(C(=O)c2ccncc2)C1. The number of hydrogen-bond acceptors (Lipinski definition) is 6. The van der Waals surface area contributed by atoms with Crippen molar-refractivity contribution in [3.8, 4) is 0 Å². The normalized spacial score (nSPS) is 16.6. The van der Waals surface area contributed by atoms with E-state index in [1.54, 1.807) is 36.4 Å². The van der Waals surface area contributed by atoms with Gasteiger partial charge in [0.05, 0.1) is 6.04 Å². The molecule has 1 aliphatic heterocycles. The summed E-state index contributed by atoms with van der Waals surface area (Å²) in [7, 11) is 0. The molecule has 1 fully saturated rings. The highest BCUT2D eigenvalue weighted by molar-refractivity contribution is 5.94. The van der Waals surface area contributed by atoms with Gasteiger partial charge in [-0.1, -0.05) is 19.0 Å². The highest BCUT2D eigenvalue weighted by Gasteiger charge is 2.32. The van der Waals surface area contributed by atoms with Crippen LogP contribution in [0.25, 0.3) is 0 Å². The molecule has 3 rings (SSSR count). The fraction of sp³-hybridized carbons (Fsp3) is 0.550. The summed E-state index contributed by atoms with van der Waals surface area (Å²) in [5.41, 5.74) is 0.620. The fourth-order valence-electron chi connectivity index (χ4n) is 3.50. The average molecular weight is 385 g/mol. The van der Waals surface area contributed by atoms with Crippen LogP contribution in [0.3, 0.4) is 0 Å². The van der Waals surface area contributed by atoms with Crippen LogP contribution in [0.15, 0.2) is 29.0 Å². The molecule has 0 saturated carbocycles. The van der Waals surface area contributed by atoms with E-state index in [1.165, 1.54) is 0 Å². The van der Waals surface area contributed by atoms with Gasteiger partial charge in [0.2, 0.25) is 11.8 Å². The second-order valence-electron chi connectivity index (χ2n) is 7.59. The van der Waals surface area contributed by atoms with Gasteiger partial charge in [0.1, 0.15) is 0 Å². The van der Waals surface area contributed by atoms with E-state index in [0.717, 1.165) is 12.8 Å². The molecule has 0 aliphatic carbocycles. The molecule has 2 aromatic heterocycles. The van der Waals surface area contributed by atoms with Gasteiger partial charge < -0.3 is 14.3 Å². The molecular weight excluding hydrogens is 358 g/mol. The molecule has 8 heteroatoms. The van der Waals surface area contributed by atoms with E-state index in [9.17, 15) is 9.59 Å². The van der Waals surface area contributed by atoms with E-state index in [0.29, 0.717) is 49.3 Å². The van der Waals surface area contributed by atoms with Gasteiger partial charge in [0.15, 0.2) is 5.82 Å². The Morgan fingerprint density at radius 3 is 2.75 bits per heavy atom. The number of rotatable bonds is 7. The standard InChI is InChI=1S/C20H27N5O3/c1-14(2)12-19-22-18(23-28-19)7-11-25(15(3)26)17-6-10-24(13-17)20(27)16-4-8-21-9-5-16/h4-5,8-9,14,17H,6-7,10-13H2,1-3H3. The van der Waals surface area contributed by atoms with Crippen molar-refractivity contribution < 1.29 is 14.1 Å². The van der Waals surface area contributed by atoms with E-state index in [2.05, 4.69) is 29.0 Å². The van der Waals surface area contributed by atoms with Gasteiger partial charge in [-0.05, 0) is 24.5 Å². The first-order valence-electron chi connectivity index (χ1n) is 9.72. The number of aromatic nitrogens is 3. The van der Waals surface area contributed by atoms with E-state index in [-0.39, 0.29) is 17.9 Å². The van der Waals surface area contributed by atoms with Gasteiger partial charge in [0.25, 0.3) is 5.91 Å². The van der Waals surface area contributed by atoms with Crippen LogP contribution in [0.1, 0.15) is 49.3 Å². The zero-order valence-corrected chi connectivity index (χ0v) is 16.7. The average Bonchev–Trinajstić information content (AvgIpc) is 3.31. The van der Waals surface area contributed by atoms with Crippen LogP contribution in [-0.2, 0) is 17.6 Å². The Labute approximate surface area is 164 Å². The first kappa shape index (κ1) is 20.0. The molecular formula is C20H27N5O3. The summed E-state index contributed by atoms with van der Waals surface area (Å²) in [6.45, 7) is 7.44. The van der Waals surface area contributed by atoms with Crippen LogP contribution < -0.4 is 0 Å². The van der Waals surface area contributed by atoms with E-state index in [4.69, 9.17) is 4.52 Å². The highest BCUT2D eigenvalue weighted by Crippen LogP contribution is 2.19. The predicted molar refractivity (Wildman–Crippen MR) is 102 cm³/mol. The quantitative estimate of drug-likeness (QED) is 0.723. The maximum Gasteiger partial charge on any atom is 0.254 e. The Kier molecular flexibility index (Phi) is 6.38. The third-order valence-corrected chi connectivity index (χ3v) is 4.89. The summed E-state index contributed by atoms with van der Waals surface area (Å²) in [4.78, 5) is 36.8. The van der Waals surface area contributed by atoms with Crippen LogP contribution in [0.2, 0.25) is 0 Å². The molecule has 28 heavy (non-hydrogen) atoms. The van der Waals surface area contributed by atoms with Crippen molar-refractivity contribution >= 4 is 11.8 Å². The van der Waals surface area contributed by atoms with Gasteiger partial charge >= 0.3 is 0 Å². The molecule has 1 unspecified atom stereocenters. The number of hydrogen-bond donors (Lipinski definition) is 0. The van der Waals surface area contributed by atoms with Crippen molar-refractivity contribution in [3.05, 3.63) is 41.8 Å². The van der Waals surface area contributed by atoms with Gasteiger partial charge in [-0.3, -0.25) is 14.6 Å². The molecule has 0 spiro atoms. The molecule has 2 amide bonds. The zero-order chi connectivity index (χ0) is 20.1. The van der Waals surface area contributed by atoms with E-state index in [1.807, 2.05) is 4.90 Å². The van der Waals surface area contributed by atoms with Gasteiger partial charge in [-0.25, -0.2) is 0 Å². The Hall–Kier alpha value is -2.77. The van der Waals surface area contributed by atoms with Crippen molar-refractivity contribution in [2.24, 2.45) is 5.92 Å². The number of likely N-dealkylation sites (tertiary alicyclic amines) is 1. The molecule has 0 radical (unpaired) electrons. The number of pyridine rings is 1. The lowest BCUT2D eigenvalue weighted by atomic mass is 10.1. The molecule has 150 valence electrons. The smallest absolute Gasteiger partial charge is 0.254 e. The van der Waals surface area contributed by atoms with Crippen molar-refractivity contribution in [2.75, 3.05) is 19.6 Å². The van der Waals surface area contributed by atoms with E-state index < -0.39 is 0 Å². The third-order valence-electron chi connectivity index (χ3n) is 4.89. The Bertz CT molecular complexity index is 805. The van der Waals surface area contributed by atoms with Gasteiger partial charge in [0, 0.05) is 57.4 Å². The first-order chi connectivity index (χ1) is 13.4. The first-order valence-corrected chi connectivity index (χ1v) is 9.72. The van der Waals surface area contributed by atoms with Crippen LogP contribution >= 0.6 is 0 Å². The molecule has 3 heterocycles. The topological polar surface area (TPSA) is 92.4 Å². The summed E-state index contributed by atoms with van der Waals surface area (Å²) in [5, 5.41) is 4.02. The Balaban J connectivity index is 1.58. The number of carbonyl (C=O) groups is 2. The third kappa shape index (κ3) is 4.94. The number of carbonyl (C=O) groups excluding carboxylic acids is 2. The summed E-state index contributed by atoms with van der Waals surface area (Å²) in [6, 6.07) is 3.43. The second-order valence-corrected chi connectivity index (χ2v) is 7.59. The number of amides is 2. The Morgan fingerprint density at radius 2 is 2.07 bits per heavy atom. The van der Waals surface area contributed by atoms with E-state index >= 15 is 0 Å². The van der Waals surface area contributed by atoms with Crippen LogP contribution in [0.5, 0.6) is 0 Å². The van der Waals surface area contributed by atoms with Crippen molar-refractivity contribution in [3.63, 3.8) is 0 Å².